The van der Waals surface area contributed by atoms with Gasteiger partial charge in [-0.1, -0.05) is 0 Å². The standard InChI is InChI=1S/C9H17NO3S/c11-14(12)5-3-8(7-14)10-6-9-2-1-4-13-9/h8-10H,1-7H2/p+1/t8-,9+/m0/s1. The summed E-state index contributed by atoms with van der Waals surface area (Å²) in [6, 6.07) is 0.282. The van der Waals surface area contributed by atoms with E-state index in [-0.39, 0.29) is 6.04 Å². The van der Waals surface area contributed by atoms with Crippen molar-refractivity contribution < 1.29 is 18.5 Å². The molecule has 2 saturated heterocycles. The summed E-state index contributed by atoms with van der Waals surface area (Å²) in [7, 11) is -2.71. The van der Waals surface area contributed by atoms with Crippen molar-refractivity contribution in [3.63, 3.8) is 0 Å². The zero-order valence-electron chi connectivity index (χ0n) is 8.31. The molecule has 4 nitrogen and oxygen atoms in total. The first kappa shape index (κ1) is 10.4. The molecule has 0 amide bonds. The van der Waals surface area contributed by atoms with Crippen LogP contribution in [0.15, 0.2) is 0 Å². The molecule has 82 valence electrons. The Hall–Kier alpha value is -0.130. The molecule has 0 saturated carbocycles. The fourth-order valence-corrected chi connectivity index (χ4v) is 3.97. The van der Waals surface area contributed by atoms with Crippen LogP contribution in [0, 0.1) is 0 Å². The quantitative estimate of drug-likeness (QED) is 0.658. The van der Waals surface area contributed by atoms with E-state index < -0.39 is 9.84 Å². The van der Waals surface area contributed by atoms with Crippen LogP contribution in [0.1, 0.15) is 19.3 Å². The van der Waals surface area contributed by atoms with Gasteiger partial charge in [0.2, 0.25) is 0 Å². The molecule has 14 heavy (non-hydrogen) atoms. The van der Waals surface area contributed by atoms with Crippen molar-refractivity contribution in [2.24, 2.45) is 0 Å². The Morgan fingerprint density at radius 3 is 2.79 bits per heavy atom. The van der Waals surface area contributed by atoms with Gasteiger partial charge in [-0.25, -0.2) is 8.42 Å². The normalized spacial score (nSPS) is 36.3. The van der Waals surface area contributed by atoms with Gasteiger partial charge in [-0.3, -0.25) is 0 Å². The maximum absolute atomic E-state index is 11.2. The number of nitrogens with two attached hydrogens (primary N) is 1. The Kier molecular flexibility index (Phi) is 3.09. The van der Waals surface area contributed by atoms with Gasteiger partial charge in [-0.05, 0) is 12.8 Å². The SMILES string of the molecule is O=S1(=O)CC[C@H]([NH2+]C[C@H]2CCCO2)C1. The molecule has 2 fully saturated rings. The third kappa shape index (κ3) is 2.68. The van der Waals surface area contributed by atoms with Crippen LogP contribution < -0.4 is 5.32 Å². The molecule has 0 aliphatic carbocycles. The maximum Gasteiger partial charge on any atom is 0.156 e. The molecule has 0 spiro atoms. The second kappa shape index (κ2) is 4.16. The van der Waals surface area contributed by atoms with Crippen molar-refractivity contribution in [1.82, 2.24) is 0 Å². The highest BCUT2D eigenvalue weighted by Gasteiger charge is 2.31. The Morgan fingerprint density at radius 1 is 1.36 bits per heavy atom. The largest absolute Gasteiger partial charge is 0.372 e. The second-order valence-corrected chi connectivity index (χ2v) is 6.50. The van der Waals surface area contributed by atoms with E-state index in [1.807, 2.05) is 0 Å². The second-order valence-electron chi connectivity index (χ2n) is 4.27. The Morgan fingerprint density at radius 2 is 2.21 bits per heavy atom. The van der Waals surface area contributed by atoms with Crippen molar-refractivity contribution in [3.05, 3.63) is 0 Å². The van der Waals surface area contributed by atoms with Crippen LogP contribution in [0.2, 0.25) is 0 Å². The number of ether oxygens (including phenoxy) is 1. The molecule has 0 aromatic rings. The van der Waals surface area contributed by atoms with Crippen molar-refractivity contribution in [3.8, 4) is 0 Å². The van der Waals surface area contributed by atoms with Gasteiger partial charge in [-0.2, -0.15) is 0 Å². The van der Waals surface area contributed by atoms with Gasteiger partial charge in [-0.15, -0.1) is 0 Å². The van der Waals surface area contributed by atoms with Crippen molar-refractivity contribution in [1.29, 1.82) is 0 Å². The van der Waals surface area contributed by atoms with E-state index in [1.165, 1.54) is 0 Å². The molecule has 0 aromatic heterocycles. The van der Waals surface area contributed by atoms with Crippen molar-refractivity contribution >= 4 is 9.84 Å². The summed E-state index contributed by atoms with van der Waals surface area (Å²) < 4.78 is 27.9. The van der Waals surface area contributed by atoms with Gasteiger partial charge >= 0.3 is 0 Å². The predicted molar refractivity (Wildman–Crippen MR) is 52.8 cm³/mol. The van der Waals surface area contributed by atoms with E-state index in [4.69, 9.17) is 4.74 Å². The topological polar surface area (TPSA) is 60.0 Å². The molecular formula is C9H18NO3S+. The summed E-state index contributed by atoms with van der Waals surface area (Å²) in [5.74, 6) is 0.736. The van der Waals surface area contributed by atoms with Crippen LogP contribution in [-0.2, 0) is 14.6 Å². The summed E-state index contributed by atoms with van der Waals surface area (Å²) in [5, 5.41) is 2.15. The smallest absolute Gasteiger partial charge is 0.156 e. The third-order valence-corrected chi connectivity index (χ3v) is 4.82. The highest BCUT2D eigenvalue weighted by Crippen LogP contribution is 2.11. The van der Waals surface area contributed by atoms with Crippen LogP contribution in [0.25, 0.3) is 0 Å². The first-order valence-electron chi connectivity index (χ1n) is 5.31. The molecule has 2 aliphatic rings. The van der Waals surface area contributed by atoms with Gasteiger partial charge < -0.3 is 10.1 Å². The number of hydrogen-bond donors (Lipinski definition) is 1. The summed E-state index contributed by atoms with van der Waals surface area (Å²) in [4.78, 5) is 0. The van der Waals surface area contributed by atoms with Gasteiger partial charge in [0.1, 0.15) is 24.4 Å². The minimum atomic E-state index is -2.71. The summed E-state index contributed by atoms with van der Waals surface area (Å²) in [6.07, 6.45) is 3.46. The molecule has 2 rings (SSSR count). The van der Waals surface area contributed by atoms with Crippen molar-refractivity contribution in [2.45, 2.75) is 31.4 Å². The predicted octanol–water partition coefficient (Wildman–Crippen LogP) is -1.08. The van der Waals surface area contributed by atoms with Crippen LogP contribution in [-0.4, -0.2) is 45.2 Å². The average Bonchev–Trinajstić information content (AvgIpc) is 2.70. The Bertz CT molecular complexity index is 282. The molecule has 0 radical (unpaired) electrons. The van der Waals surface area contributed by atoms with E-state index in [2.05, 4.69) is 5.32 Å². The lowest BCUT2D eigenvalue weighted by atomic mass is 10.2. The van der Waals surface area contributed by atoms with Gasteiger partial charge in [0.05, 0.1) is 5.75 Å². The maximum atomic E-state index is 11.2. The molecule has 2 aliphatic heterocycles. The van der Waals surface area contributed by atoms with E-state index in [0.29, 0.717) is 17.6 Å². The summed E-state index contributed by atoms with van der Waals surface area (Å²) in [5.41, 5.74) is 0. The average molecular weight is 220 g/mol. The van der Waals surface area contributed by atoms with Crippen molar-refractivity contribution in [2.75, 3.05) is 24.7 Å². The Labute approximate surface area is 84.9 Å². The van der Waals surface area contributed by atoms with E-state index >= 15 is 0 Å². The number of sulfone groups is 1. The van der Waals surface area contributed by atoms with Crippen LogP contribution in [0.3, 0.4) is 0 Å². The Balaban J connectivity index is 1.71. The van der Waals surface area contributed by atoms with E-state index in [1.54, 1.807) is 0 Å². The molecule has 2 heterocycles. The number of hydrogen-bond acceptors (Lipinski definition) is 3. The first-order valence-corrected chi connectivity index (χ1v) is 7.13. The molecule has 2 N–H and O–H groups in total. The number of rotatable bonds is 3. The third-order valence-electron chi connectivity index (χ3n) is 3.02. The number of quaternary nitrogens is 1. The molecule has 0 unspecified atom stereocenters. The molecule has 2 atom stereocenters. The van der Waals surface area contributed by atoms with Gasteiger partial charge in [0.15, 0.2) is 9.84 Å². The summed E-state index contributed by atoms with van der Waals surface area (Å²) in [6.45, 7) is 1.81. The molecule has 5 heteroatoms. The zero-order chi connectivity index (χ0) is 10.0. The molecule has 0 bridgehead atoms. The highest BCUT2D eigenvalue weighted by molar-refractivity contribution is 7.91. The minimum absolute atomic E-state index is 0.282. The van der Waals surface area contributed by atoms with Crippen LogP contribution >= 0.6 is 0 Å². The summed E-state index contributed by atoms with van der Waals surface area (Å²) >= 11 is 0. The molecule has 0 aromatic carbocycles. The lowest BCUT2D eigenvalue weighted by Gasteiger charge is -2.11. The fourth-order valence-electron chi connectivity index (χ4n) is 2.18. The van der Waals surface area contributed by atoms with Gasteiger partial charge in [0.25, 0.3) is 0 Å². The lowest BCUT2D eigenvalue weighted by Crippen LogP contribution is -2.92. The monoisotopic (exact) mass is 220 g/mol. The highest BCUT2D eigenvalue weighted by atomic mass is 32.2. The fraction of sp³-hybridized carbons (Fsp3) is 1.00. The van der Waals surface area contributed by atoms with Crippen LogP contribution in [0.5, 0.6) is 0 Å². The van der Waals surface area contributed by atoms with E-state index in [9.17, 15) is 8.42 Å². The minimum Gasteiger partial charge on any atom is -0.372 e. The molecular weight excluding hydrogens is 202 g/mol. The lowest BCUT2D eigenvalue weighted by molar-refractivity contribution is -0.689. The van der Waals surface area contributed by atoms with Crippen LogP contribution in [0.4, 0.5) is 0 Å². The van der Waals surface area contributed by atoms with E-state index in [0.717, 1.165) is 32.4 Å². The zero-order valence-corrected chi connectivity index (χ0v) is 9.13. The first-order chi connectivity index (χ1) is 6.66. The van der Waals surface area contributed by atoms with Gasteiger partial charge in [0, 0.05) is 13.0 Å².